The van der Waals surface area contributed by atoms with E-state index in [0.717, 1.165) is 16.7 Å². The summed E-state index contributed by atoms with van der Waals surface area (Å²) in [6, 6.07) is 19.7. The molecule has 1 radical (unpaired) electrons. The van der Waals surface area contributed by atoms with E-state index in [1.165, 1.54) is 6.20 Å². The van der Waals surface area contributed by atoms with Gasteiger partial charge in [0.15, 0.2) is 0 Å². The highest BCUT2D eigenvalue weighted by atomic mass is 19.1. The topological polar surface area (TPSA) is 51.3 Å². The van der Waals surface area contributed by atoms with Gasteiger partial charge in [-0.1, -0.05) is 42.5 Å². The van der Waals surface area contributed by atoms with Crippen LogP contribution in [0.3, 0.4) is 0 Å². The van der Waals surface area contributed by atoms with Gasteiger partial charge in [-0.2, -0.15) is 0 Å². The molecule has 1 unspecified atom stereocenters. The van der Waals surface area contributed by atoms with Gasteiger partial charge >= 0.3 is 0 Å². The van der Waals surface area contributed by atoms with Gasteiger partial charge in [-0.3, -0.25) is 4.98 Å². The third-order valence-corrected chi connectivity index (χ3v) is 4.17. The lowest BCUT2D eigenvalue weighted by Crippen LogP contribution is -2.26. The zero-order chi connectivity index (χ0) is 15.9. The first-order valence-electron chi connectivity index (χ1n) is 7.25. The SMILES string of the molecule is NC1=NC(c2c[c]ccc2)(c2ccncc2F)c2ccccc21. The molecule has 0 saturated carbocycles. The standard InChI is InChI=1S/C19H13FN3/c20-17-12-22-11-10-16(17)19(13-6-2-1-3-7-13)15-9-5-4-8-14(15)18(21)23-19/h1-2,4-12H,(H2,21,23). The molecule has 3 nitrogen and oxygen atoms in total. The number of nitrogens with zero attached hydrogens (tertiary/aromatic N) is 2. The molecule has 1 atom stereocenters. The lowest BCUT2D eigenvalue weighted by molar-refractivity contribution is 0.555. The van der Waals surface area contributed by atoms with Crippen molar-refractivity contribution in [2.45, 2.75) is 5.54 Å². The van der Waals surface area contributed by atoms with Crippen LogP contribution in [0.1, 0.15) is 22.3 Å². The molecule has 0 amide bonds. The molecule has 111 valence electrons. The fraction of sp³-hybridized carbons (Fsp3) is 0.0526. The summed E-state index contributed by atoms with van der Waals surface area (Å²) in [5, 5.41) is 0. The van der Waals surface area contributed by atoms with E-state index in [-0.39, 0.29) is 0 Å². The molecule has 0 spiro atoms. The van der Waals surface area contributed by atoms with Crippen LogP contribution in [-0.2, 0) is 5.54 Å². The Morgan fingerprint density at radius 1 is 1.04 bits per heavy atom. The van der Waals surface area contributed by atoms with Crippen LogP contribution in [0, 0.1) is 11.9 Å². The second kappa shape index (κ2) is 5.02. The van der Waals surface area contributed by atoms with Crippen molar-refractivity contribution in [3.63, 3.8) is 0 Å². The number of fused-ring (bicyclic) bond motifs is 1. The number of rotatable bonds is 2. The van der Waals surface area contributed by atoms with Gasteiger partial charge in [0, 0.05) is 17.3 Å². The quantitative estimate of drug-likeness (QED) is 0.791. The number of aromatic nitrogens is 1. The Morgan fingerprint density at radius 3 is 2.70 bits per heavy atom. The van der Waals surface area contributed by atoms with Gasteiger partial charge in [0.25, 0.3) is 0 Å². The molecule has 2 heterocycles. The van der Waals surface area contributed by atoms with Gasteiger partial charge in [-0.15, -0.1) is 0 Å². The Bertz CT molecular complexity index is 905. The molecular weight excluding hydrogens is 289 g/mol. The second-order valence-electron chi connectivity index (χ2n) is 5.40. The van der Waals surface area contributed by atoms with Gasteiger partial charge in [0.2, 0.25) is 0 Å². The summed E-state index contributed by atoms with van der Waals surface area (Å²) in [5.41, 5.74) is 8.08. The summed E-state index contributed by atoms with van der Waals surface area (Å²) >= 11 is 0. The van der Waals surface area contributed by atoms with E-state index in [9.17, 15) is 4.39 Å². The Labute approximate surface area is 133 Å². The molecule has 4 heteroatoms. The molecule has 4 rings (SSSR count). The Hall–Kier alpha value is -3.01. The van der Waals surface area contributed by atoms with Crippen LogP contribution in [0.25, 0.3) is 0 Å². The minimum Gasteiger partial charge on any atom is -0.383 e. The Morgan fingerprint density at radius 2 is 1.91 bits per heavy atom. The van der Waals surface area contributed by atoms with Gasteiger partial charge in [-0.05, 0) is 29.3 Å². The number of hydrogen-bond acceptors (Lipinski definition) is 3. The largest absolute Gasteiger partial charge is 0.383 e. The van der Waals surface area contributed by atoms with Crippen molar-refractivity contribution >= 4 is 5.84 Å². The molecule has 0 bridgehead atoms. The number of aliphatic imine (C=N–C) groups is 1. The van der Waals surface area contributed by atoms with E-state index >= 15 is 0 Å². The zero-order valence-electron chi connectivity index (χ0n) is 12.2. The fourth-order valence-corrected chi connectivity index (χ4v) is 3.19. The highest BCUT2D eigenvalue weighted by Crippen LogP contribution is 2.46. The third kappa shape index (κ3) is 1.88. The Kier molecular flexibility index (Phi) is 2.98. The average Bonchev–Trinajstić information content (AvgIpc) is 2.90. The van der Waals surface area contributed by atoms with Crippen LogP contribution in [0.4, 0.5) is 4.39 Å². The summed E-state index contributed by atoms with van der Waals surface area (Å²) in [5.74, 6) is -0.00901. The van der Waals surface area contributed by atoms with Crippen LogP contribution in [0.15, 0.2) is 72.0 Å². The summed E-state index contributed by atoms with van der Waals surface area (Å²) < 4.78 is 14.6. The van der Waals surface area contributed by atoms with E-state index < -0.39 is 11.4 Å². The number of hydrogen-bond donors (Lipinski definition) is 1. The minimum absolute atomic E-state index is 0.403. The number of pyridine rings is 1. The average molecular weight is 302 g/mol. The normalized spacial score (nSPS) is 19.3. The number of nitrogens with two attached hydrogens (primary N) is 1. The maximum atomic E-state index is 14.6. The van der Waals surface area contributed by atoms with Crippen LogP contribution < -0.4 is 5.73 Å². The lowest BCUT2D eigenvalue weighted by Gasteiger charge is -2.29. The van der Waals surface area contributed by atoms with Crippen molar-refractivity contribution in [3.05, 3.63) is 101 Å². The molecule has 2 N–H and O–H groups in total. The molecule has 3 aromatic rings. The van der Waals surface area contributed by atoms with Crippen LogP contribution in [-0.4, -0.2) is 10.8 Å². The maximum Gasteiger partial charge on any atom is 0.147 e. The van der Waals surface area contributed by atoms with Crippen LogP contribution in [0.5, 0.6) is 0 Å². The lowest BCUT2D eigenvalue weighted by atomic mass is 9.78. The van der Waals surface area contributed by atoms with Crippen molar-refractivity contribution in [3.8, 4) is 0 Å². The molecule has 23 heavy (non-hydrogen) atoms. The monoisotopic (exact) mass is 302 g/mol. The summed E-state index contributed by atoms with van der Waals surface area (Å²) in [4.78, 5) is 8.55. The molecule has 0 fully saturated rings. The predicted molar refractivity (Wildman–Crippen MR) is 86.5 cm³/mol. The second-order valence-corrected chi connectivity index (χ2v) is 5.40. The van der Waals surface area contributed by atoms with Crippen LogP contribution >= 0.6 is 0 Å². The molecular formula is C19H13FN3. The summed E-state index contributed by atoms with van der Waals surface area (Å²) in [6.45, 7) is 0. The first-order chi connectivity index (χ1) is 11.2. The highest BCUT2D eigenvalue weighted by Gasteiger charge is 2.44. The van der Waals surface area contributed by atoms with Crippen molar-refractivity contribution in [2.24, 2.45) is 10.7 Å². The van der Waals surface area contributed by atoms with E-state index in [1.807, 2.05) is 42.5 Å². The maximum absolute atomic E-state index is 14.6. The summed E-state index contributed by atoms with van der Waals surface area (Å²) in [6.07, 6.45) is 2.77. The van der Waals surface area contributed by atoms with E-state index in [0.29, 0.717) is 11.4 Å². The third-order valence-electron chi connectivity index (χ3n) is 4.17. The first kappa shape index (κ1) is 13.6. The van der Waals surface area contributed by atoms with Gasteiger partial charge in [-0.25, -0.2) is 9.38 Å². The van der Waals surface area contributed by atoms with Crippen molar-refractivity contribution in [1.29, 1.82) is 0 Å². The molecule has 1 aromatic heterocycles. The minimum atomic E-state index is -1.01. The van der Waals surface area contributed by atoms with Gasteiger partial charge in [0.1, 0.15) is 17.2 Å². The van der Waals surface area contributed by atoms with Crippen molar-refractivity contribution in [1.82, 2.24) is 4.98 Å². The van der Waals surface area contributed by atoms with Gasteiger partial charge < -0.3 is 5.73 Å². The number of halogens is 1. The molecule has 2 aromatic carbocycles. The smallest absolute Gasteiger partial charge is 0.147 e. The molecule has 1 aliphatic rings. The molecule has 0 saturated heterocycles. The summed E-state index contributed by atoms with van der Waals surface area (Å²) in [7, 11) is 0. The molecule has 1 aliphatic heterocycles. The van der Waals surface area contributed by atoms with Crippen molar-refractivity contribution < 1.29 is 4.39 Å². The Balaban J connectivity index is 2.12. The number of amidine groups is 1. The first-order valence-corrected chi connectivity index (χ1v) is 7.25. The van der Waals surface area contributed by atoms with Crippen LogP contribution in [0.2, 0.25) is 0 Å². The van der Waals surface area contributed by atoms with Crippen molar-refractivity contribution in [2.75, 3.05) is 0 Å². The van der Waals surface area contributed by atoms with E-state index in [1.54, 1.807) is 18.3 Å². The highest BCUT2D eigenvalue weighted by molar-refractivity contribution is 6.03. The van der Waals surface area contributed by atoms with Gasteiger partial charge in [0.05, 0.1) is 6.20 Å². The van der Waals surface area contributed by atoms with E-state index in [4.69, 9.17) is 10.7 Å². The fourth-order valence-electron chi connectivity index (χ4n) is 3.19. The zero-order valence-corrected chi connectivity index (χ0v) is 12.2. The van der Waals surface area contributed by atoms with E-state index in [2.05, 4.69) is 11.1 Å². The molecule has 0 aliphatic carbocycles. The number of benzene rings is 2. The predicted octanol–water partition coefficient (Wildman–Crippen LogP) is 3.03.